The second kappa shape index (κ2) is 6.97. The second-order valence-corrected chi connectivity index (χ2v) is 3.63. The van der Waals surface area contributed by atoms with E-state index in [4.69, 9.17) is 15.1 Å². The Bertz CT molecular complexity index is 404. The molecule has 0 saturated carbocycles. The number of benzene rings is 1. The molecule has 1 unspecified atom stereocenters. The predicted molar refractivity (Wildman–Crippen MR) is 60.7 cm³/mol. The molecule has 17 heavy (non-hydrogen) atoms. The third kappa shape index (κ3) is 4.11. The predicted octanol–water partition coefficient (Wildman–Crippen LogP) is 0.794. The first-order chi connectivity index (χ1) is 8.21. The van der Waals surface area contributed by atoms with Gasteiger partial charge in [-0.05, 0) is 23.8 Å². The Morgan fingerprint density at radius 3 is 2.94 bits per heavy atom. The molecule has 1 aromatic carbocycles. The monoisotopic (exact) mass is 238 g/mol. The lowest BCUT2D eigenvalue weighted by Crippen LogP contribution is -2.36. The molecule has 4 nitrogen and oxygen atoms in total. The topological polar surface area (TPSA) is 65.3 Å². The second-order valence-electron chi connectivity index (χ2n) is 3.63. The maximum atomic E-state index is 13.0. The van der Waals surface area contributed by atoms with Crippen molar-refractivity contribution in [3.8, 4) is 6.07 Å². The summed E-state index contributed by atoms with van der Waals surface area (Å²) in [7, 11) is 1.53. The standard InChI is InChI=1S/C12H15FN2O2/c1-17-8-12(7-16)15-6-10-4-11(13)3-2-9(10)5-14/h2-4,12,15-16H,6-8H2,1H3. The van der Waals surface area contributed by atoms with Gasteiger partial charge in [-0.1, -0.05) is 0 Å². The van der Waals surface area contributed by atoms with Crippen LogP contribution in [-0.2, 0) is 11.3 Å². The summed E-state index contributed by atoms with van der Waals surface area (Å²) in [4.78, 5) is 0. The summed E-state index contributed by atoms with van der Waals surface area (Å²) in [5, 5.41) is 20.9. The van der Waals surface area contributed by atoms with E-state index in [1.54, 1.807) is 0 Å². The van der Waals surface area contributed by atoms with Crippen molar-refractivity contribution >= 4 is 0 Å². The Balaban J connectivity index is 2.68. The van der Waals surface area contributed by atoms with Crippen LogP contribution in [0.15, 0.2) is 18.2 Å². The van der Waals surface area contributed by atoms with E-state index in [1.165, 1.54) is 25.3 Å². The van der Waals surface area contributed by atoms with Crippen LogP contribution < -0.4 is 5.32 Å². The fourth-order valence-corrected chi connectivity index (χ4v) is 1.45. The molecule has 0 aliphatic heterocycles. The summed E-state index contributed by atoms with van der Waals surface area (Å²) in [6, 6.07) is 5.77. The van der Waals surface area contributed by atoms with Gasteiger partial charge in [-0.2, -0.15) is 5.26 Å². The van der Waals surface area contributed by atoms with Crippen LogP contribution in [0.25, 0.3) is 0 Å². The molecule has 92 valence electrons. The minimum Gasteiger partial charge on any atom is -0.395 e. The van der Waals surface area contributed by atoms with E-state index in [9.17, 15) is 4.39 Å². The first kappa shape index (κ1) is 13.6. The van der Waals surface area contributed by atoms with Crippen molar-refractivity contribution in [1.82, 2.24) is 5.32 Å². The highest BCUT2D eigenvalue weighted by molar-refractivity contribution is 5.37. The highest BCUT2D eigenvalue weighted by Gasteiger charge is 2.08. The normalized spacial score (nSPS) is 12.1. The molecule has 1 atom stereocenters. The van der Waals surface area contributed by atoms with Gasteiger partial charge in [0, 0.05) is 13.7 Å². The Hall–Kier alpha value is -1.48. The lowest BCUT2D eigenvalue weighted by atomic mass is 10.1. The minimum atomic E-state index is -0.381. The summed E-state index contributed by atoms with van der Waals surface area (Å²) in [6.07, 6.45) is 0. The molecule has 0 saturated heterocycles. The van der Waals surface area contributed by atoms with Crippen molar-refractivity contribution in [3.63, 3.8) is 0 Å². The first-order valence-electron chi connectivity index (χ1n) is 5.23. The zero-order chi connectivity index (χ0) is 12.7. The van der Waals surface area contributed by atoms with Crippen molar-refractivity contribution in [2.75, 3.05) is 20.3 Å². The average Bonchev–Trinajstić information content (AvgIpc) is 2.34. The van der Waals surface area contributed by atoms with Gasteiger partial charge in [0.1, 0.15) is 5.82 Å². The van der Waals surface area contributed by atoms with Crippen molar-refractivity contribution in [2.24, 2.45) is 0 Å². The molecule has 0 aliphatic carbocycles. The van der Waals surface area contributed by atoms with E-state index >= 15 is 0 Å². The largest absolute Gasteiger partial charge is 0.395 e. The molecular weight excluding hydrogens is 223 g/mol. The third-order valence-electron chi connectivity index (χ3n) is 2.36. The highest BCUT2D eigenvalue weighted by Crippen LogP contribution is 2.10. The molecule has 1 rings (SSSR count). The zero-order valence-corrected chi connectivity index (χ0v) is 9.61. The number of rotatable bonds is 6. The van der Waals surface area contributed by atoms with E-state index in [1.807, 2.05) is 6.07 Å². The van der Waals surface area contributed by atoms with Crippen LogP contribution in [0.2, 0.25) is 0 Å². The van der Waals surface area contributed by atoms with Gasteiger partial charge < -0.3 is 15.2 Å². The lowest BCUT2D eigenvalue weighted by Gasteiger charge is -2.15. The summed E-state index contributed by atoms with van der Waals surface area (Å²) in [5.41, 5.74) is 0.995. The number of aliphatic hydroxyl groups is 1. The van der Waals surface area contributed by atoms with Crippen molar-refractivity contribution < 1.29 is 14.2 Å². The number of halogens is 1. The van der Waals surface area contributed by atoms with Gasteiger partial charge in [-0.3, -0.25) is 0 Å². The molecule has 0 aromatic heterocycles. The van der Waals surface area contributed by atoms with Gasteiger partial charge >= 0.3 is 0 Å². The quantitative estimate of drug-likeness (QED) is 0.769. The van der Waals surface area contributed by atoms with E-state index in [2.05, 4.69) is 5.32 Å². The average molecular weight is 238 g/mol. The molecule has 1 aromatic rings. The van der Waals surface area contributed by atoms with Crippen LogP contribution in [0, 0.1) is 17.1 Å². The maximum Gasteiger partial charge on any atom is 0.123 e. The van der Waals surface area contributed by atoms with Gasteiger partial charge in [-0.25, -0.2) is 4.39 Å². The number of hydrogen-bond acceptors (Lipinski definition) is 4. The van der Waals surface area contributed by atoms with Crippen LogP contribution in [-0.4, -0.2) is 31.5 Å². The van der Waals surface area contributed by atoms with E-state index in [0.29, 0.717) is 24.3 Å². The van der Waals surface area contributed by atoms with E-state index in [0.717, 1.165) is 0 Å². The van der Waals surface area contributed by atoms with E-state index in [-0.39, 0.29) is 18.5 Å². The fraction of sp³-hybridized carbons (Fsp3) is 0.417. The number of methoxy groups -OCH3 is 1. The highest BCUT2D eigenvalue weighted by atomic mass is 19.1. The third-order valence-corrected chi connectivity index (χ3v) is 2.36. The van der Waals surface area contributed by atoms with Crippen molar-refractivity contribution in [1.29, 1.82) is 5.26 Å². The molecule has 0 heterocycles. The molecule has 5 heteroatoms. The smallest absolute Gasteiger partial charge is 0.123 e. The molecular formula is C12H15FN2O2. The van der Waals surface area contributed by atoms with Crippen LogP contribution in [0.3, 0.4) is 0 Å². The SMILES string of the molecule is COCC(CO)NCc1cc(F)ccc1C#N. The Morgan fingerprint density at radius 1 is 1.59 bits per heavy atom. The molecule has 0 bridgehead atoms. The van der Waals surface area contributed by atoms with Crippen molar-refractivity contribution in [3.05, 3.63) is 35.1 Å². The number of aliphatic hydroxyl groups excluding tert-OH is 1. The molecule has 0 spiro atoms. The van der Waals surface area contributed by atoms with Gasteiger partial charge in [0.2, 0.25) is 0 Å². The van der Waals surface area contributed by atoms with Gasteiger partial charge in [0.05, 0.1) is 30.9 Å². The Labute approximate surface area is 99.6 Å². The van der Waals surface area contributed by atoms with Gasteiger partial charge in [0.25, 0.3) is 0 Å². The van der Waals surface area contributed by atoms with Crippen LogP contribution in [0.5, 0.6) is 0 Å². The zero-order valence-electron chi connectivity index (χ0n) is 9.61. The van der Waals surface area contributed by atoms with Gasteiger partial charge in [-0.15, -0.1) is 0 Å². The van der Waals surface area contributed by atoms with E-state index < -0.39 is 0 Å². The van der Waals surface area contributed by atoms with Crippen molar-refractivity contribution in [2.45, 2.75) is 12.6 Å². The summed E-state index contributed by atoms with van der Waals surface area (Å²) in [6.45, 7) is 0.591. The first-order valence-corrected chi connectivity index (χ1v) is 5.23. The Kier molecular flexibility index (Phi) is 5.57. The Morgan fingerprint density at radius 2 is 2.35 bits per heavy atom. The number of ether oxygens (including phenoxy) is 1. The fourth-order valence-electron chi connectivity index (χ4n) is 1.45. The number of hydrogen-bond donors (Lipinski definition) is 2. The van der Waals surface area contributed by atoms with Gasteiger partial charge in [0.15, 0.2) is 0 Å². The maximum absolute atomic E-state index is 13.0. The number of nitrogens with zero attached hydrogens (tertiary/aromatic N) is 1. The summed E-state index contributed by atoms with van der Waals surface area (Å²) >= 11 is 0. The molecule has 0 fully saturated rings. The number of nitrogens with one attached hydrogen (secondary N) is 1. The molecule has 0 radical (unpaired) electrons. The minimum absolute atomic E-state index is 0.0783. The lowest BCUT2D eigenvalue weighted by molar-refractivity contribution is 0.128. The van der Waals surface area contributed by atoms with Crippen LogP contribution in [0.4, 0.5) is 4.39 Å². The van der Waals surface area contributed by atoms with Crippen LogP contribution >= 0.6 is 0 Å². The molecule has 0 amide bonds. The van der Waals surface area contributed by atoms with Crippen LogP contribution in [0.1, 0.15) is 11.1 Å². The summed E-state index contributed by atoms with van der Waals surface area (Å²) in [5.74, 6) is -0.381. The number of nitriles is 1. The molecule has 0 aliphatic rings. The summed E-state index contributed by atoms with van der Waals surface area (Å²) < 4.78 is 17.9. The molecule has 2 N–H and O–H groups in total.